The number of anilines is 2. The average Bonchev–Trinajstić information content (AvgIpc) is 2.91. The lowest BCUT2D eigenvalue weighted by Crippen LogP contribution is -2.31. The number of ether oxygens (including phenoxy) is 4. The molecule has 0 unspecified atom stereocenters. The molecule has 0 saturated heterocycles. The highest BCUT2D eigenvalue weighted by atomic mass is 16.5. The van der Waals surface area contributed by atoms with Crippen LogP contribution in [0.1, 0.15) is 24.0 Å². The molecule has 3 rings (SSSR count). The molecule has 0 spiro atoms. The maximum Gasteiger partial charge on any atom is 0.227 e. The van der Waals surface area contributed by atoms with E-state index in [4.69, 9.17) is 18.9 Å². The summed E-state index contributed by atoms with van der Waals surface area (Å²) < 4.78 is 21.6. The van der Waals surface area contributed by atoms with Gasteiger partial charge in [-0.1, -0.05) is 29.8 Å². The molecule has 0 bridgehead atoms. The van der Waals surface area contributed by atoms with E-state index in [0.717, 1.165) is 16.9 Å². The molecule has 8 heteroatoms. The third-order valence-corrected chi connectivity index (χ3v) is 5.66. The van der Waals surface area contributed by atoms with Gasteiger partial charge in [0, 0.05) is 30.7 Å². The number of rotatable bonds is 11. The fourth-order valence-corrected chi connectivity index (χ4v) is 3.68. The minimum atomic E-state index is -0.235. The van der Waals surface area contributed by atoms with E-state index in [1.807, 2.05) is 55.5 Å². The van der Waals surface area contributed by atoms with Gasteiger partial charge < -0.3 is 29.2 Å². The van der Waals surface area contributed by atoms with Gasteiger partial charge in [0.1, 0.15) is 5.75 Å². The molecule has 2 amide bonds. The molecule has 36 heavy (non-hydrogen) atoms. The first-order valence-corrected chi connectivity index (χ1v) is 11.5. The molecule has 0 heterocycles. The quantitative estimate of drug-likeness (QED) is 0.406. The third-order valence-electron chi connectivity index (χ3n) is 5.66. The maximum absolute atomic E-state index is 13.4. The zero-order valence-electron chi connectivity index (χ0n) is 21.3. The Balaban J connectivity index is 1.84. The topological polar surface area (TPSA) is 86.3 Å². The van der Waals surface area contributed by atoms with Gasteiger partial charge in [0.25, 0.3) is 0 Å². The van der Waals surface area contributed by atoms with Gasteiger partial charge >= 0.3 is 0 Å². The number of carbonyl (C=O) groups is 2. The lowest BCUT2D eigenvalue weighted by atomic mass is 10.1. The summed E-state index contributed by atoms with van der Waals surface area (Å²) >= 11 is 0. The summed E-state index contributed by atoms with van der Waals surface area (Å²) in [5.41, 5.74) is 3.24. The molecule has 8 nitrogen and oxygen atoms in total. The fourth-order valence-electron chi connectivity index (χ4n) is 3.68. The van der Waals surface area contributed by atoms with E-state index in [-0.39, 0.29) is 31.2 Å². The van der Waals surface area contributed by atoms with Gasteiger partial charge in [-0.15, -0.1) is 0 Å². The number of nitrogens with zero attached hydrogens (tertiary/aromatic N) is 1. The van der Waals surface area contributed by atoms with E-state index in [1.54, 1.807) is 24.1 Å². The Kier molecular flexibility index (Phi) is 9.16. The van der Waals surface area contributed by atoms with Crippen molar-refractivity contribution in [2.45, 2.75) is 26.3 Å². The number of nitrogens with one attached hydrogen (secondary N) is 1. The average molecular weight is 493 g/mol. The van der Waals surface area contributed by atoms with Crippen molar-refractivity contribution in [3.63, 3.8) is 0 Å². The maximum atomic E-state index is 13.4. The molecule has 0 fully saturated rings. The van der Waals surface area contributed by atoms with Gasteiger partial charge in [-0.2, -0.15) is 0 Å². The predicted molar refractivity (Wildman–Crippen MR) is 139 cm³/mol. The molecule has 1 N–H and O–H groups in total. The van der Waals surface area contributed by atoms with Gasteiger partial charge in [0.05, 0.1) is 40.7 Å². The summed E-state index contributed by atoms with van der Waals surface area (Å²) in [6.45, 7) is 2.26. The summed E-state index contributed by atoms with van der Waals surface area (Å²) in [7, 11) is 6.16. The molecule has 0 aliphatic carbocycles. The van der Waals surface area contributed by atoms with Crippen molar-refractivity contribution in [1.29, 1.82) is 0 Å². The largest absolute Gasteiger partial charge is 0.497 e. The predicted octanol–water partition coefficient (Wildman–Crippen LogP) is 4.98. The Hall–Kier alpha value is -4.20. The number of hydrogen-bond acceptors (Lipinski definition) is 6. The van der Waals surface area contributed by atoms with Crippen LogP contribution < -0.4 is 29.2 Å². The monoisotopic (exact) mass is 492 g/mol. The van der Waals surface area contributed by atoms with Crippen LogP contribution in [0.25, 0.3) is 0 Å². The Bertz CT molecular complexity index is 1150. The normalized spacial score (nSPS) is 10.4. The zero-order chi connectivity index (χ0) is 26.1. The minimum absolute atomic E-state index is 0.0184. The first-order chi connectivity index (χ1) is 17.4. The van der Waals surface area contributed by atoms with Crippen LogP contribution in [0.4, 0.5) is 11.4 Å². The van der Waals surface area contributed by atoms with Crippen molar-refractivity contribution in [2.24, 2.45) is 0 Å². The zero-order valence-corrected chi connectivity index (χ0v) is 21.3. The Morgan fingerprint density at radius 1 is 0.778 bits per heavy atom. The minimum Gasteiger partial charge on any atom is -0.497 e. The smallest absolute Gasteiger partial charge is 0.227 e. The molecular formula is C28H32N2O6. The summed E-state index contributed by atoms with van der Waals surface area (Å²) in [5.74, 6) is 1.55. The molecule has 0 radical (unpaired) electrons. The molecule has 0 aliphatic rings. The highest BCUT2D eigenvalue weighted by molar-refractivity contribution is 5.98. The Morgan fingerprint density at radius 2 is 1.39 bits per heavy atom. The van der Waals surface area contributed by atoms with Gasteiger partial charge in [0.2, 0.25) is 17.6 Å². The summed E-state index contributed by atoms with van der Waals surface area (Å²) in [6.07, 6.45) is 0.0563. The number of amides is 2. The van der Waals surface area contributed by atoms with Crippen LogP contribution in [0, 0.1) is 6.92 Å². The molecule has 0 saturated carbocycles. The Labute approximate surface area is 211 Å². The van der Waals surface area contributed by atoms with Gasteiger partial charge in [-0.3, -0.25) is 9.59 Å². The van der Waals surface area contributed by atoms with Gasteiger partial charge in [-0.05, 0) is 36.8 Å². The molecular weight excluding hydrogens is 460 g/mol. The number of carbonyl (C=O) groups excluding carboxylic acids is 2. The first-order valence-electron chi connectivity index (χ1n) is 11.5. The number of hydrogen-bond donors (Lipinski definition) is 1. The molecule has 0 atom stereocenters. The number of aryl methyl sites for hydroxylation is 1. The van der Waals surface area contributed by atoms with Gasteiger partial charge in [0.15, 0.2) is 11.5 Å². The fraction of sp³-hybridized carbons (Fsp3) is 0.286. The summed E-state index contributed by atoms with van der Waals surface area (Å²) in [4.78, 5) is 27.6. The van der Waals surface area contributed by atoms with E-state index >= 15 is 0 Å². The second-order valence-corrected chi connectivity index (χ2v) is 8.13. The molecule has 3 aromatic rings. The van der Waals surface area contributed by atoms with Crippen molar-refractivity contribution in [3.8, 4) is 23.0 Å². The highest BCUT2D eigenvalue weighted by Crippen LogP contribution is 2.41. The van der Waals surface area contributed by atoms with E-state index in [9.17, 15) is 9.59 Å². The second kappa shape index (κ2) is 12.5. The lowest BCUT2D eigenvalue weighted by molar-refractivity contribution is -0.122. The molecule has 3 aromatic carbocycles. The van der Waals surface area contributed by atoms with E-state index in [1.165, 1.54) is 21.3 Å². The van der Waals surface area contributed by atoms with Crippen LogP contribution in [-0.4, -0.2) is 40.3 Å². The lowest BCUT2D eigenvalue weighted by Gasteiger charge is -2.25. The van der Waals surface area contributed by atoms with Crippen LogP contribution in [-0.2, 0) is 16.1 Å². The standard InChI is InChI=1S/C28H32N2O6/c1-19-6-10-21(11-7-19)29-26(31)14-15-27(32)30(18-20-8-12-23(33-2)13-9-20)22-16-24(34-3)28(36-5)25(17-22)35-4/h6-13,16-17H,14-15,18H2,1-5H3,(H,29,31). The van der Waals surface area contributed by atoms with Crippen LogP contribution in [0.5, 0.6) is 23.0 Å². The van der Waals surface area contributed by atoms with E-state index in [2.05, 4.69) is 5.32 Å². The molecule has 190 valence electrons. The third kappa shape index (κ3) is 6.69. The first kappa shape index (κ1) is 26.4. The van der Waals surface area contributed by atoms with Crippen molar-refractivity contribution < 1.29 is 28.5 Å². The van der Waals surface area contributed by atoms with Crippen molar-refractivity contribution >= 4 is 23.2 Å². The summed E-state index contributed by atoms with van der Waals surface area (Å²) in [6, 6.07) is 18.4. The number of benzene rings is 3. The second-order valence-electron chi connectivity index (χ2n) is 8.13. The molecule has 0 aromatic heterocycles. The van der Waals surface area contributed by atoms with Gasteiger partial charge in [-0.25, -0.2) is 0 Å². The van der Waals surface area contributed by atoms with Crippen LogP contribution >= 0.6 is 0 Å². The van der Waals surface area contributed by atoms with Crippen LogP contribution in [0.3, 0.4) is 0 Å². The molecule has 0 aliphatic heterocycles. The Morgan fingerprint density at radius 3 is 1.92 bits per heavy atom. The van der Waals surface area contributed by atoms with Crippen molar-refractivity contribution in [2.75, 3.05) is 38.7 Å². The number of methoxy groups -OCH3 is 4. The van der Waals surface area contributed by atoms with E-state index in [0.29, 0.717) is 28.6 Å². The van der Waals surface area contributed by atoms with Crippen LogP contribution in [0.15, 0.2) is 60.7 Å². The van der Waals surface area contributed by atoms with Crippen molar-refractivity contribution in [3.05, 3.63) is 71.8 Å². The van der Waals surface area contributed by atoms with E-state index < -0.39 is 0 Å². The SMILES string of the molecule is COc1ccc(CN(C(=O)CCC(=O)Nc2ccc(C)cc2)c2cc(OC)c(OC)c(OC)c2)cc1. The summed E-state index contributed by atoms with van der Waals surface area (Å²) in [5, 5.41) is 2.84. The van der Waals surface area contributed by atoms with Crippen LogP contribution in [0.2, 0.25) is 0 Å². The van der Waals surface area contributed by atoms with Crippen molar-refractivity contribution in [1.82, 2.24) is 0 Å². The highest BCUT2D eigenvalue weighted by Gasteiger charge is 2.22.